The summed E-state index contributed by atoms with van der Waals surface area (Å²) < 4.78 is 0. The first-order valence-electron chi connectivity index (χ1n) is 4.15. The Morgan fingerprint density at radius 1 is 1.79 bits per heavy atom. The molecule has 0 saturated heterocycles. The summed E-state index contributed by atoms with van der Waals surface area (Å²) in [4.78, 5) is 16.4. The molecule has 76 valence electrons. The van der Waals surface area contributed by atoms with Crippen LogP contribution >= 0.6 is 11.3 Å². The SMILES string of the molecule is C=CCN(CC(=O)O)Cc1nccs1. The molecular weight excluding hydrogens is 200 g/mol. The van der Waals surface area contributed by atoms with Crippen molar-refractivity contribution in [3.8, 4) is 0 Å². The third-order valence-corrected chi connectivity index (χ3v) is 2.35. The molecule has 0 aliphatic carbocycles. The molecule has 0 atom stereocenters. The van der Waals surface area contributed by atoms with Crippen molar-refractivity contribution in [3.05, 3.63) is 29.2 Å². The quantitative estimate of drug-likeness (QED) is 0.720. The van der Waals surface area contributed by atoms with Crippen molar-refractivity contribution >= 4 is 17.3 Å². The van der Waals surface area contributed by atoms with Gasteiger partial charge >= 0.3 is 5.97 Å². The predicted molar refractivity (Wildman–Crippen MR) is 55.2 cm³/mol. The highest BCUT2D eigenvalue weighted by molar-refractivity contribution is 7.09. The highest BCUT2D eigenvalue weighted by Crippen LogP contribution is 2.07. The topological polar surface area (TPSA) is 53.4 Å². The van der Waals surface area contributed by atoms with Crippen molar-refractivity contribution in [2.24, 2.45) is 0 Å². The minimum atomic E-state index is -0.830. The molecule has 5 heteroatoms. The van der Waals surface area contributed by atoms with Gasteiger partial charge in [0.2, 0.25) is 0 Å². The summed E-state index contributed by atoms with van der Waals surface area (Å²) in [6.07, 6.45) is 3.41. The van der Waals surface area contributed by atoms with Gasteiger partial charge in [0.25, 0.3) is 0 Å². The molecule has 14 heavy (non-hydrogen) atoms. The lowest BCUT2D eigenvalue weighted by Gasteiger charge is -2.16. The van der Waals surface area contributed by atoms with Crippen molar-refractivity contribution in [3.63, 3.8) is 0 Å². The average Bonchev–Trinajstić information content (AvgIpc) is 2.56. The Kier molecular flexibility index (Phi) is 4.28. The van der Waals surface area contributed by atoms with Crippen LogP contribution in [0.5, 0.6) is 0 Å². The lowest BCUT2D eigenvalue weighted by atomic mass is 10.4. The number of carbonyl (C=O) groups is 1. The maximum Gasteiger partial charge on any atom is 0.317 e. The zero-order valence-corrected chi connectivity index (χ0v) is 8.54. The third kappa shape index (κ3) is 3.68. The highest BCUT2D eigenvalue weighted by atomic mass is 32.1. The minimum absolute atomic E-state index is 0.0194. The molecule has 0 unspecified atom stereocenters. The number of carboxylic acid groups (broad SMARTS) is 1. The Morgan fingerprint density at radius 3 is 3.07 bits per heavy atom. The number of hydrogen-bond donors (Lipinski definition) is 1. The third-order valence-electron chi connectivity index (χ3n) is 1.59. The lowest BCUT2D eigenvalue weighted by Crippen LogP contribution is -2.29. The van der Waals surface area contributed by atoms with Crippen molar-refractivity contribution < 1.29 is 9.90 Å². The second kappa shape index (κ2) is 5.51. The van der Waals surface area contributed by atoms with E-state index < -0.39 is 5.97 Å². The van der Waals surface area contributed by atoms with E-state index in [1.807, 2.05) is 5.38 Å². The van der Waals surface area contributed by atoms with Crippen LogP contribution in [-0.2, 0) is 11.3 Å². The van der Waals surface area contributed by atoms with Crippen LogP contribution in [0.4, 0.5) is 0 Å². The van der Waals surface area contributed by atoms with Gasteiger partial charge in [-0.15, -0.1) is 17.9 Å². The van der Waals surface area contributed by atoms with Gasteiger partial charge < -0.3 is 5.11 Å². The summed E-state index contributed by atoms with van der Waals surface area (Å²) in [6, 6.07) is 0. The van der Waals surface area contributed by atoms with Gasteiger partial charge in [-0.05, 0) is 0 Å². The Morgan fingerprint density at radius 2 is 2.57 bits per heavy atom. The Labute approximate surface area is 86.5 Å². The fraction of sp³-hybridized carbons (Fsp3) is 0.333. The van der Waals surface area contributed by atoms with Crippen LogP contribution in [0.15, 0.2) is 24.2 Å². The van der Waals surface area contributed by atoms with Gasteiger partial charge in [0, 0.05) is 18.1 Å². The van der Waals surface area contributed by atoms with Crippen molar-refractivity contribution in [2.45, 2.75) is 6.54 Å². The first kappa shape index (κ1) is 10.9. The molecule has 4 nitrogen and oxygen atoms in total. The minimum Gasteiger partial charge on any atom is -0.480 e. The number of nitrogens with zero attached hydrogens (tertiary/aromatic N) is 2. The number of hydrogen-bond acceptors (Lipinski definition) is 4. The van der Waals surface area contributed by atoms with Gasteiger partial charge in [0.1, 0.15) is 5.01 Å². The second-order valence-electron chi connectivity index (χ2n) is 2.78. The molecule has 0 amide bonds. The maximum absolute atomic E-state index is 10.5. The molecule has 0 fully saturated rings. The van der Waals surface area contributed by atoms with E-state index in [2.05, 4.69) is 11.6 Å². The Hall–Kier alpha value is -1.20. The van der Waals surface area contributed by atoms with Crippen LogP contribution in [0.3, 0.4) is 0 Å². The molecule has 1 rings (SSSR count). The second-order valence-corrected chi connectivity index (χ2v) is 3.76. The van der Waals surface area contributed by atoms with Gasteiger partial charge in [-0.2, -0.15) is 0 Å². The van der Waals surface area contributed by atoms with E-state index >= 15 is 0 Å². The van der Waals surface area contributed by atoms with Crippen LogP contribution in [0, 0.1) is 0 Å². The molecular formula is C9H12N2O2S. The fourth-order valence-electron chi connectivity index (χ4n) is 1.08. The van der Waals surface area contributed by atoms with Crippen LogP contribution < -0.4 is 0 Å². The van der Waals surface area contributed by atoms with Gasteiger partial charge in [-0.1, -0.05) is 6.08 Å². The number of thiazole rings is 1. The van der Waals surface area contributed by atoms with Gasteiger partial charge in [0.15, 0.2) is 0 Å². The normalized spacial score (nSPS) is 10.4. The summed E-state index contributed by atoms with van der Waals surface area (Å²) in [5.41, 5.74) is 0. The molecule has 0 aliphatic heterocycles. The molecule has 0 bridgehead atoms. The summed E-state index contributed by atoms with van der Waals surface area (Å²) in [5.74, 6) is -0.830. The van der Waals surface area contributed by atoms with Crippen LogP contribution in [-0.4, -0.2) is 34.0 Å². The standard InChI is InChI=1S/C9H12N2O2S/c1-2-4-11(7-9(12)13)6-8-10-3-5-14-8/h2-3,5H,1,4,6-7H2,(H,12,13). The van der Waals surface area contributed by atoms with Crippen LogP contribution in [0.1, 0.15) is 5.01 Å². The zero-order valence-electron chi connectivity index (χ0n) is 7.72. The maximum atomic E-state index is 10.5. The van der Waals surface area contributed by atoms with Gasteiger partial charge in [-0.25, -0.2) is 4.98 Å². The largest absolute Gasteiger partial charge is 0.480 e. The molecule has 1 heterocycles. The number of aromatic nitrogens is 1. The zero-order chi connectivity index (χ0) is 10.4. The van der Waals surface area contributed by atoms with Gasteiger partial charge in [-0.3, -0.25) is 9.69 Å². The fourth-order valence-corrected chi connectivity index (χ4v) is 1.74. The molecule has 0 radical (unpaired) electrons. The summed E-state index contributed by atoms with van der Waals surface area (Å²) in [5, 5.41) is 11.4. The van der Waals surface area contributed by atoms with E-state index in [1.54, 1.807) is 17.2 Å². The first-order chi connectivity index (χ1) is 6.72. The number of rotatable bonds is 6. The summed E-state index contributed by atoms with van der Waals surface area (Å²) in [7, 11) is 0. The van der Waals surface area contributed by atoms with Crippen LogP contribution in [0.25, 0.3) is 0 Å². The lowest BCUT2D eigenvalue weighted by molar-refractivity contribution is -0.138. The van der Waals surface area contributed by atoms with Crippen molar-refractivity contribution in [2.75, 3.05) is 13.1 Å². The van der Waals surface area contributed by atoms with E-state index in [4.69, 9.17) is 5.11 Å². The van der Waals surface area contributed by atoms with E-state index in [0.717, 1.165) is 5.01 Å². The van der Waals surface area contributed by atoms with E-state index in [9.17, 15) is 4.79 Å². The van der Waals surface area contributed by atoms with Crippen LogP contribution in [0.2, 0.25) is 0 Å². The van der Waals surface area contributed by atoms with E-state index in [0.29, 0.717) is 13.1 Å². The number of carboxylic acids is 1. The van der Waals surface area contributed by atoms with Crippen molar-refractivity contribution in [1.29, 1.82) is 0 Å². The molecule has 0 saturated carbocycles. The molecule has 0 spiro atoms. The van der Waals surface area contributed by atoms with E-state index in [1.165, 1.54) is 11.3 Å². The Bertz CT molecular complexity index is 298. The molecule has 1 aromatic heterocycles. The monoisotopic (exact) mass is 212 g/mol. The smallest absolute Gasteiger partial charge is 0.317 e. The summed E-state index contributed by atoms with van der Waals surface area (Å²) in [6.45, 7) is 4.73. The molecule has 0 aliphatic rings. The van der Waals surface area contributed by atoms with Crippen molar-refractivity contribution in [1.82, 2.24) is 9.88 Å². The predicted octanol–water partition coefficient (Wildman–Crippen LogP) is 1.22. The number of aliphatic carboxylic acids is 1. The first-order valence-corrected chi connectivity index (χ1v) is 5.03. The molecule has 1 aromatic rings. The Balaban J connectivity index is 2.50. The van der Waals surface area contributed by atoms with E-state index in [-0.39, 0.29) is 6.54 Å². The molecule has 1 N–H and O–H groups in total. The molecule has 0 aromatic carbocycles. The average molecular weight is 212 g/mol. The summed E-state index contributed by atoms with van der Waals surface area (Å²) >= 11 is 1.52. The van der Waals surface area contributed by atoms with Gasteiger partial charge in [0.05, 0.1) is 13.1 Å². The highest BCUT2D eigenvalue weighted by Gasteiger charge is 2.09.